The Bertz CT molecular complexity index is 2160. The molecule has 4 heterocycles. The van der Waals surface area contributed by atoms with Crippen molar-refractivity contribution >= 4 is 63.6 Å². The lowest BCUT2D eigenvalue weighted by atomic mass is 9.95. The number of nitrogens with one attached hydrogen (secondary N) is 2. The van der Waals surface area contributed by atoms with Crippen molar-refractivity contribution in [3.63, 3.8) is 0 Å². The van der Waals surface area contributed by atoms with E-state index in [4.69, 9.17) is 44.6 Å². The summed E-state index contributed by atoms with van der Waals surface area (Å²) in [4.78, 5) is 37.9. The Labute approximate surface area is 336 Å². The molecule has 2 aliphatic heterocycles. The molecule has 284 valence electrons. The lowest BCUT2D eigenvalue weighted by Gasteiger charge is -2.35. The van der Waals surface area contributed by atoms with E-state index in [2.05, 4.69) is 30.4 Å². The molecule has 0 spiro atoms. The predicted octanol–water partition coefficient (Wildman–Crippen LogP) is 8.48. The molecular weight excluding hydrogens is 743 g/mol. The molecule has 8 rings (SSSR count). The molecule has 0 amide bonds. The minimum absolute atomic E-state index is 0.0696. The van der Waals surface area contributed by atoms with Crippen LogP contribution < -0.4 is 31.9 Å². The number of piperidine rings is 2. The van der Waals surface area contributed by atoms with Crippen LogP contribution in [0.2, 0.25) is 10.0 Å². The van der Waals surface area contributed by atoms with Gasteiger partial charge >= 0.3 is 0 Å². The van der Waals surface area contributed by atoms with Crippen molar-refractivity contribution in [3.8, 4) is 22.5 Å². The van der Waals surface area contributed by atoms with E-state index in [1.54, 1.807) is 12.4 Å². The second kappa shape index (κ2) is 16.6. The topological polar surface area (TPSA) is 151 Å². The van der Waals surface area contributed by atoms with E-state index in [0.717, 1.165) is 97.1 Å². The fourth-order valence-electron chi connectivity index (χ4n) is 7.21. The highest BCUT2D eigenvalue weighted by atomic mass is 35.5. The van der Waals surface area contributed by atoms with Crippen LogP contribution in [0.4, 0.5) is 34.6 Å². The zero-order valence-electron chi connectivity index (χ0n) is 30.7. The number of anilines is 6. The number of carbonyl (C=O) groups excluding carboxylic acids is 1. The Kier molecular flexibility index (Phi) is 11.1. The third kappa shape index (κ3) is 8.61. The van der Waals surface area contributed by atoms with Crippen LogP contribution >= 0.6 is 23.2 Å². The van der Waals surface area contributed by atoms with Gasteiger partial charge in [-0.1, -0.05) is 47.5 Å². The fraction of sp³-hybridized carbons (Fsp3) is 0.233. The van der Waals surface area contributed by atoms with Gasteiger partial charge in [-0.25, -0.2) is 19.9 Å². The van der Waals surface area contributed by atoms with Crippen LogP contribution in [-0.4, -0.2) is 64.0 Å². The molecule has 2 aliphatic rings. The van der Waals surface area contributed by atoms with Crippen LogP contribution in [-0.2, 0) is 0 Å². The first kappa shape index (κ1) is 37.3. The van der Waals surface area contributed by atoms with Gasteiger partial charge in [0.05, 0.1) is 22.8 Å². The summed E-state index contributed by atoms with van der Waals surface area (Å²) in [6.45, 7) is 2.95. The van der Waals surface area contributed by atoms with Crippen molar-refractivity contribution in [1.82, 2.24) is 19.9 Å². The Morgan fingerprint density at radius 3 is 1.36 bits per heavy atom. The number of rotatable bonds is 10. The normalized spacial score (nSPS) is 15.1. The summed E-state index contributed by atoms with van der Waals surface area (Å²) >= 11 is 12.2. The summed E-state index contributed by atoms with van der Waals surface area (Å²) in [5.41, 5.74) is 20.5. The molecule has 0 atom stereocenters. The fourth-order valence-corrected chi connectivity index (χ4v) is 7.46. The molecule has 0 bridgehead atoms. The molecule has 2 fully saturated rings. The molecular formula is C43H42Cl2N10O. The Morgan fingerprint density at radius 1 is 0.571 bits per heavy atom. The quantitative estimate of drug-likeness (QED) is 0.0991. The molecule has 0 saturated carbocycles. The molecule has 4 aromatic carbocycles. The minimum Gasteiger partial charge on any atom is -0.371 e. The first-order valence-electron chi connectivity index (χ1n) is 18.8. The van der Waals surface area contributed by atoms with Gasteiger partial charge in [-0.2, -0.15) is 0 Å². The number of halogens is 2. The third-order valence-corrected chi connectivity index (χ3v) is 10.9. The molecule has 56 heavy (non-hydrogen) atoms. The summed E-state index contributed by atoms with van der Waals surface area (Å²) < 4.78 is 0. The van der Waals surface area contributed by atoms with Crippen molar-refractivity contribution in [2.45, 2.75) is 37.8 Å². The molecule has 0 radical (unpaired) electrons. The van der Waals surface area contributed by atoms with Gasteiger partial charge in [0.2, 0.25) is 11.9 Å². The summed E-state index contributed by atoms with van der Waals surface area (Å²) in [5, 5.41) is 8.07. The third-order valence-electron chi connectivity index (χ3n) is 10.3. The summed E-state index contributed by atoms with van der Waals surface area (Å²) in [6, 6.07) is 30.7. The first-order chi connectivity index (χ1) is 27.3. The van der Waals surface area contributed by atoms with E-state index in [0.29, 0.717) is 33.1 Å². The average molecular weight is 786 g/mol. The van der Waals surface area contributed by atoms with Crippen molar-refractivity contribution in [3.05, 3.63) is 131 Å². The smallest absolute Gasteiger partial charge is 0.227 e. The summed E-state index contributed by atoms with van der Waals surface area (Å²) in [6.07, 6.45) is 6.77. The van der Waals surface area contributed by atoms with Crippen LogP contribution in [0.15, 0.2) is 109 Å². The number of hydrogen-bond donors (Lipinski definition) is 4. The maximum absolute atomic E-state index is 14.9. The number of hydrogen-bond acceptors (Lipinski definition) is 11. The zero-order valence-corrected chi connectivity index (χ0v) is 32.2. The molecule has 0 unspecified atom stereocenters. The van der Waals surface area contributed by atoms with Crippen molar-refractivity contribution in [2.24, 2.45) is 11.5 Å². The lowest BCUT2D eigenvalue weighted by Crippen LogP contribution is -2.41. The van der Waals surface area contributed by atoms with Gasteiger partial charge in [0, 0.05) is 94.3 Å². The zero-order chi connectivity index (χ0) is 38.6. The summed E-state index contributed by atoms with van der Waals surface area (Å²) in [7, 11) is 0. The van der Waals surface area contributed by atoms with Crippen molar-refractivity contribution in [1.29, 1.82) is 0 Å². The number of carbonyl (C=O) groups is 1. The number of nitrogens with two attached hydrogens (primary N) is 2. The summed E-state index contributed by atoms with van der Waals surface area (Å²) in [5.74, 6) is 0.818. The minimum atomic E-state index is -0.0696. The largest absolute Gasteiger partial charge is 0.371 e. The van der Waals surface area contributed by atoms with E-state index >= 15 is 0 Å². The Balaban J connectivity index is 1.12. The maximum atomic E-state index is 14.9. The van der Waals surface area contributed by atoms with Crippen LogP contribution in [0, 0.1) is 0 Å². The van der Waals surface area contributed by atoms with E-state index < -0.39 is 0 Å². The lowest BCUT2D eigenvalue weighted by molar-refractivity contribution is 0.103. The van der Waals surface area contributed by atoms with Gasteiger partial charge in [-0.3, -0.25) is 4.79 Å². The van der Waals surface area contributed by atoms with Crippen LogP contribution in [0.25, 0.3) is 22.5 Å². The SMILES string of the molecule is NC1CCN(c2cc(Nc3nccc(-c4ccc(Cl)cc4)n3)ccc2C(=O)c2ccc(Nc3nccc(-c4ccc(Cl)cc4)n3)cc2N2CCC(N)CC2)CC1. The number of aromatic nitrogens is 4. The van der Waals surface area contributed by atoms with Gasteiger partial charge in [0.15, 0.2) is 5.78 Å². The van der Waals surface area contributed by atoms with E-state index in [-0.39, 0.29) is 17.9 Å². The first-order valence-corrected chi connectivity index (χ1v) is 19.6. The van der Waals surface area contributed by atoms with E-state index in [9.17, 15) is 4.79 Å². The number of ketones is 1. The average Bonchev–Trinajstić information content (AvgIpc) is 3.22. The molecule has 13 heteroatoms. The second-order valence-corrected chi connectivity index (χ2v) is 15.1. The monoisotopic (exact) mass is 784 g/mol. The second-order valence-electron chi connectivity index (χ2n) is 14.2. The van der Waals surface area contributed by atoms with Gasteiger partial charge in [0.25, 0.3) is 0 Å². The highest BCUT2D eigenvalue weighted by Crippen LogP contribution is 2.35. The van der Waals surface area contributed by atoms with E-state index in [1.807, 2.05) is 97.1 Å². The Morgan fingerprint density at radius 2 is 0.964 bits per heavy atom. The highest BCUT2D eigenvalue weighted by molar-refractivity contribution is 6.31. The number of benzene rings is 4. The molecule has 0 aliphatic carbocycles. The molecule has 2 aromatic heterocycles. The molecule has 2 saturated heterocycles. The standard InChI is InChI=1S/C43H42Cl2N10O/c44-29-5-1-27(2-6-29)37-13-19-48-42(52-37)50-33-9-11-35(39(25-33)54-21-15-31(46)16-22-54)41(56)36-12-10-34(26-40(36)55-23-17-32(47)18-24-55)51-43-49-20-14-38(53-43)28-3-7-30(45)8-4-28/h1-14,19-20,25-26,31-32H,15-18,21-24,46-47H2,(H,48,50,52)(H,49,51,53). The van der Waals surface area contributed by atoms with Gasteiger partial charge in [-0.05, 0) is 98.5 Å². The maximum Gasteiger partial charge on any atom is 0.227 e. The van der Waals surface area contributed by atoms with Crippen LogP contribution in [0.1, 0.15) is 41.6 Å². The van der Waals surface area contributed by atoms with Crippen molar-refractivity contribution < 1.29 is 4.79 Å². The Hall–Kier alpha value is -5.59. The number of nitrogens with zero attached hydrogens (tertiary/aromatic N) is 6. The van der Waals surface area contributed by atoms with Gasteiger partial charge in [0.1, 0.15) is 0 Å². The van der Waals surface area contributed by atoms with E-state index in [1.165, 1.54) is 0 Å². The van der Waals surface area contributed by atoms with Gasteiger partial charge in [-0.15, -0.1) is 0 Å². The van der Waals surface area contributed by atoms with Crippen molar-refractivity contribution in [2.75, 3.05) is 46.6 Å². The molecule has 6 aromatic rings. The van der Waals surface area contributed by atoms with Gasteiger partial charge < -0.3 is 31.9 Å². The molecule has 6 N–H and O–H groups in total. The molecule has 11 nitrogen and oxygen atoms in total. The predicted molar refractivity (Wildman–Crippen MR) is 227 cm³/mol. The van der Waals surface area contributed by atoms with Crippen LogP contribution in [0.5, 0.6) is 0 Å². The highest BCUT2D eigenvalue weighted by Gasteiger charge is 2.27. The van der Waals surface area contributed by atoms with Crippen LogP contribution in [0.3, 0.4) is 0 Å².